The quantitative estimate of drug-likeness (QED) is 0.835. The van der Waals surface area contributed by atoms with Gasteiger partial charge in [0, 0.05) is 24.8 Å². The van der Waals surface area contributed by atoms with Gasteiger partial charge >= 0.3 is 5.97 Å². The van der Waals surface area contributed by atoms with Gasteiger partial charge in [-0.05, 0) is 26.0 Å². The van der Waals surface area contributed by atoms with Gasteiger partial charge in [-0.25, -0.2) is 0 Å². The van der Waals surface area contributed by atoms with Crippen molar-refractivity contribution in [3.05, 3.63) is 0 Å². The minimum Gasteiger partial charge on any atom is -0.481 e. The van der Waals surface area contributed by atoms with E-state index in [1.165, 1.54) is 0 Å². The molecule has 1 aliphatic heterocycles. The third-order valence-corrected chi connectivity index (χ3v) is 4.20. The highest BCUT2D eigenvalue weighted by Crippen LogP contribution is 2.30. The first-order valence-corrected chi connectivity index (χ1v) is 7.31. The Hall–Kier alpha value is -0.710. The van der Waals surface area contributed by atoms with Crippen molar-refractivity contribution in [2.24, 2.45) is 11.3 Å². The molecule has 1 N–H and O–H groups in total. The standard InChI is InChI=1S/C12H21NO3S/c1-9(7-17-3)10(14)13-6-4-5-12(2,8-13)11(15)16/h9H,4-8H2,1-3H3,(H,15,16). The molecule has 0 aliphatic carbocycles. The molecule has 1 saturated heterocycles. The molecule has 2 unspecified atom stereocenters. The van der Waals surface area contributed by atoms with E-state index in [2.05, 4.69) is 0 Å². The first-order chi connectivity index (χ1) is 7.90. The number of carboxylic acids is 1. The molecule has 17 heavy (non-hydrogen) atoms. The number of rotatable bonds is 4. The SMILES string of the molecule is CSCC(C)C(=O)N1CCCC(C)(C(=O)O)C1. The number of hydrogen-bond acceptors (Lipinski definition) is 3. The van der Waals surface area contributed by atoms with E-state index in [-0.39, 0.29) is 11.8 Å². The average Bonchev–Trinajstić information content (AvgIpc) is 2.28. The summed E-state index contributed by atoms with van der Waals surface area (Å²) in [6.07, 6.45) is 3.41. The van der Waals surface area contributed by atoms with Crippen LogP contribution in [-0.2, 0) is 9.59 Å². The Morgan fingerprint density at radius 3 is 2.71 bits per heavy atom. The molecule has 98 valence electrons. The van der Waals surface area contributed by atoms with Crippen molar-refractivity contribution in [2.75, 3.05) is 25.1 Å². The van der Waals surface area contributed by atoms with Crippen LogP contribution in [0.15, 0.2) is 0 Å². The molecule has 4 nitrogen and oxygen atoms in total. The minimum absolute atomic E-state index is 0.0267. The average molecular weight is 259 g/mol. The fraction of sp³-hybridized carbons (Fsp3) is 0.833. The molecule has 2 atom stereocenters. The van der Waals surface area contributed by atoms with Gasteiger partial charge in [0.25, 0.3) is 0 Å². The lowest BCUT2D eigenvalue weighted by molar-refractivity contribution is -0.154. The lowest BCUT2D eigenvalue weighted by Gasteiger charge is -2.38. The molecule has 1 rings (SSSR count). The second-order valence-corrected chi connectivity index (χ2v) is 6.00. The van der Waals surface area contributed by atoms with E-state index >= 15 is 0 Å². The zero-order chi connectivity index (χ0) is 13.1. The normalized spacial score (nSPS) is 26.6. The van der Waals surface area contributed by atoms with Crippen molar-refractivity contribution < 1.29 is 14.7 Å². The van der Waals surface area contributed by atoms with Crippen LogP contribution in [-0.4, -0.2) is 47.0 Å². The summed E-state index contributed by atoms with van der Waals surface area (Å²) in [5, 5.41) is 9.20. The molecule has 0 saturated carbocycles. The summed E-state index contributed by atoms with van der Waals surface area (Å²) < 4.78 is 0. The molecular weight excluding hydrogens is 238 g/mol. The maximum atomic E-state index is 12.1. The van der Waals surface area contributed by atoms with Crippen LogP contribution in [0, 0.1) is 11.3 Å². The number of carboxylic acid groups (broad SMARTS) is 1. The molecular formula is C12H21NO3S. The lowest BCUT2D eigenvalue weighted by atomic mass is 9.82. The van der Waals surface area contributed by atoms with Crippen LogP contribution in [0.4, 0.5) is 0 Å². The summed E-state index contributed by atoms with van der Waals surface area (Å²) in [5.74, 6) is 0.0549. The first-order valence-electron chi connectivity index (χ1n) is 5.92. The number of likely N-dealkylation sites (tertiary alicyclic amines) is 1. The van der Waals surface area contributed by atoms with Gasteiger partial charge in [-0.1, -0.05) is 6.92 Å². The second kappa shape index (κ2) is 5.76. The fourth-order valence-corrected chi connectivity index (χ4v) is 2.88. The largest absolute Gasteiger partial charge is 0.481 e. The summed E-state index contributed by atoms with van der Waals surface area (Å²) in [4.78, 5) is 25.0. The molecule has 1 amide bonds. The van der Waals surface area contributed by atoms with Gasteiger partial charge in [0.15, 0.2) is 0 Å². The van der Waals surface area contributed by atoms with Crippen LogP contribution < -0.4 is 0 Å². The van der Waals surface area contributed by atoms with Crippen LogP contribution >= 0.6 is 11.8 Å². The molecule has 0 radical (unpaired) electrons. The Bertz CT molecular complexity index is 308. The van der Waals surface area contributed by atoms with Crippen LogP contribution in [0.1, 0.15) is 26.7 Å². The van der Waals surface area contributed by atoms with Crippen molar-refractivity contribution in [3.8, 4) is 0 Å². The summed E-state index contributed by atoms with van der Waals surface area (Å²) in [7, 11) is 0. The Kier molecular flexibility index (Phi) is 4.86. The smallest absolute Gasteiger partial charge is 0.311 e. The molecule has 0 spiro atoms. The number of aliphatic carboxylic acids is 1. The monoisotopic (exact) mass is 259 g/mol. The molecule has 0 aromatic carbocycles. The molecule has 1 aliphatic rings. The van der Waals surface area contributed by atoms with Crippen LogP contribution in [0.3, 0.4) is 0 Å². The Morgan fingerprint density at radius 2 is 2.18 bits per heavy atom. The lowest BCUT2D eigenvalue weighted by Crippen LogP contribution is -2.50. The number of piperidine rings is 1. The third-order valence-electron chi connectivity index (χ3n) is 3.36. The summed E-state index contributed by atoms with van der Waals surface area (Å²) in [6.45, 7) is 4.68. The van der Waals surface area contributed by atoms with Crippen LogP contribution in [0.5, 0.6) is 0 Å². The summed E-state index contributed by atoms with van der Waals surface area (Å²) >= 11 is 1.64. The summed E-state index contributed by atoms with van der Waals surface area (Å²) in [5.41, 5.74) is -0.771. The number of nitrogens with zero attached hydrogens (tertiary/aromatic N) is 1. The van der Waals surface area contributed by atoms with Gasteiger partial charge in [-0.3, -0.25) is 9.59 Å². The number of thioether (sulfide) groups is 1. The molecule has 0 bridgehead atoms. The van der Waals surface area contributed by atoms with E-state index in [0.717, 1.165) is 12.2 Å². The van der Waals surface area contributed by atoms with E-state index in [9.17, 15) is 14.7 Å². The number of amides is 1. The van der Waals surface area contributed by atoms with Gasteiger partial charge in [0.05, 0.1) is 5.41 Å². The zero-order valence-electron chi connectivity index (χ0n) is 10.7. The van der Waals surface area contributed by atoms with Crippen LogP contribution in [0.25, 0.3) is 0 Å². The fourth-order valence-electron chi connectivity index (χ4n) is 2.24. The number of carbonyl (C=O) groups excluding carboxylic acids is 1. The highest BCUT2D eigenvalue weighted by Gasteiger charge is 2.39. The third kappa shape index (κ3) is 3.37. The predicted octanol–water partition coefficient (Wildman–Crippen LogP) is 1.70. The summed E-state index contributed by atoms with van der Waals surface area (Å²) in [6, 6.07) is 0. The van der Waals surface area contributed by atoms with Gasteiger partial charge in [-0.15, -0.1) is 0 Å². The first kappa shape index (κ1) is 14.4. The Labute approximate surface area is 107 Å². The van der Waals surface area contributed by atoms with E-state index in [1.807, 2.05) is 13.2 Å². The Morgan fingerprint density at radius 1 is 1.53 bits per heavy atom. The highest BCUT2D eigenvalue weighted by atomic mass is 32.2. The van der Waals surface area contributed by atoms with Gasteiger partial charge < -0.3 is 10.0 Å². The molecule has 1 fully saturated rings. The predicted molar refractivity (Wildman–Crippen MR) is 69.1 cm³/mol. The van der Waals surface area contributed by atoms with Crippen molar-refractivity contribution >= 4 is 23.6 Å². The maximum absolute atomic E-state index is 12.1. The molecule has 5 heteroatoms. The second-order valence-electron chi connectivity index (χ2n) is 5.09. The molecule has 1 heterocycles. The zero-order valence-corrected chi connectivity index (χ0v) is 11.5. The van der Waals surface area contributed by atoms with Crippen molar-refractivity contribution in [1.29, 1.82) is 0 Å². The number of hydrogen-bond donors (Lipinski definition) is 1. The van der Waals surface area contributed by atoms with Gasteiger partial charge in [0.1, 0.15) is 0 Å². The van der Waals surface area contributed by atoms with Gasteiger partial charge in [0.2, 0.25) is 5.91 Å². The molecule has 0 aromatic heterocycles. The van der Waals surface area contributed by atoms with Gasteiger partial charge in [-0.2, -0.15) is 11.8 Å². The van der Waals surface area contributed by atoms with E-state index in [1.54, 1.807) is 23.6 Å². The highest BCUT2D eigenvalue weighted by molar-refractivity contribution is 7.98. The topological polar surface area (TPSA) is 57.6 Å². The number of carbonyl (C=O) groups is 2. The van der Waals surface area contributed by atoms with Crippen molar-refractivity contribution in [3.63, 3.8) is 0 Å². The van der Waals surface area contributed by atoms with E-state index in [0.29, 0.717) is 19.5 Å². The molecule has 0 aromatic rings. The van der Waals surface area contributed by atoms with Crippen molar-refractivity contribution in [2.45, 2.75) is 26.7 Å². The van der Waals surface area contributed by atoms with E-state index in [4.69, 9.17) is 0 Å². The maximum Gasteiger partial charge on any atom is 0.311 e. The minimum atomic E-state index is -0.799. The van der Waals surface area contributed by atoms with Crippen molar-refractivity contribution in [1.82, 2.24) is 4.90 Å². The van der Waals surface area contributed by atoms with Crippen LogP contribution in [0.2, 0.25) is 0 Å². The Balaban J connectivity index is 2.66. The van der Waals surface area contributed by atoms with E-state index < -0.39 is 11.4 Å².